The van der Waals surface area contributed by atoms with Gasteiger partial charge in [-0.1, -0.05) is 66.3 Å². The number of alkyl halides is 3. The van der Waals surface area contributed by atoms with Crippen LogP contribution in [0.1, 0.15) is 54.0 Å². The number of thioether (sulfide) groups is 2. The van der Waals surface area contributed by atoms with Crippen molar-refractivity contribution in [2.24, 2.45) is 5.92 Å². The van der Waals surface area contributed by atoms with Crippen molar-refractivity contribution in [1.82, 2.24) is 4.90 Å². The van der Waals surface area contributed by atoms with Crippen LogP contribution in [0.15, 0.2) is 63.2 Å². The first-order valence-corrected chi connectivity index (χ1v) is 14.5. The van der Waals surface area contributed by atoms with Gasteiger partial charge in [-0.25, -0.2) is 0 Å². The molecule has 0 bridgehead atoms. The predicted molar refractivity (Wildman–Crippen MR) is 169 cm³/mol. The van der Waals surface area contributed by atoms with E-state index in [0.717, 1.165) is 32.2 Å². The molecule has 1 aliphatic heterocycles. The Morgan fingerprint density at radius 2 is 1.49 bits per heavy atom. The second kappa shape index (κ2) is 28.6. The minimum absolute atomic E-state index is 0. The Kier molecular flexibility index (Phi) is 35.1. The monoisotopic (exact) mass is 619 g/mol. The zero-order chi connectivity index (χ0) is 26.7. The van der Waals surface area contributed by atoms with Gasteiger partial charge in [-0.2, -0.15) is 13.2 Å². The Labute approximate surface area is 249 Å². The van der Waals surface area contributed by atoms with Gasteiger partial charge in [-0.15, -0.1) is 24.4 Å². The fraction of sp³-hybridized carbons (Fsp3) is 0.571. The van der Waals surface area contributed by atoms with Crippen molar-refractivity contribution in [1.29, 1.82) is 0 Å². The summed E-state index contributed by atoms with van der Waals surface area (Å²) in [5.74, 6) is 1.99. The quantitative estimate of drug-likeness (QED) is 0.260. The van der Waals surface area contributed by atoms with E-state index in [4.69, 9.17) is 4.74 Å². The molecular weight excluding hydrogens is 568 g/mol. The average molecular weight is 620 g/mol. The first-order valence-electron chi connectivity index (χ1n) is 12.3. The summed E-state index contributed by atoms with van der Waals surface area (Å²) in [6.07, 6.45) is 1.29. The summed E-state index contributed by atoms with van der Waals surface area (Å²) in [7, 11) is 0. The van der Waals surface area contributed by atoms with E-state index >= 15 is 0 Å². The molecule has 11 heteroatoms. The fourth-order valence-electron chi connectivity index (χ4n) is 2.89. The lowest BCUT2D eigenvalue weighted by Gasteiger charge is -2.27. The van der Waals surface area contributed by atoms with Gasteiger partial charge >= 0.3 is 5.51 Å². The zero-order valence-corrected chi connectivity index (χ0v) is 25.9. The highest BCUT2D eigenvalue weighted by Gasteiger charge is 2.29. The summed E-state index contributed by atoms with van der Waals surface area (Å²) < 4.78 is 41.3. The van der Waals surface area contributed by atoms with E-state index in [-0.39, 0.29) is 40.5 Å². The van der Waals surface area contributed by atoms with Crippen LogP contribution < -0.4 is 0 Å². The van der Waals surface area contributed by atoms with Gasteiger partial charge in [0.1, 0.15) is 0 Å². The lowest BCUT2D eigenvalue weighted by atomic mass is 10.1. The third-order valence-corrected chi connectivity index (χ3v) is 7.23. The Morgan fingerprint density at radius 1 is 0.949 bits per heavy atom. The molecule has 3 rings (SSSR count). The van der Waals surface area contributed by atoms with Crippen LogP contribution >= 0.6 is 36.2 Å². The molecule has 1 fully saturated rings. The molecular formula is C28H52F3NO4S3. The smallest absolute Gasteiger partial charge is 0.412 e. The number of nitrogens with zero attached hydrogens (tertiary/aromatic N) is 1. The number of halogens is 3. The summed E-state index contributed by atoms with van der Waals surface area (Å²) in [4.78, 5) is 4.65. The molecule has 0 spiro atoms. The van der Waals surface area contributed by atoms with Gasteiger partial charge in [0.25, 0.3) is 0 Å². The van der Waals surface area contributed by atoms with Gasteiger partial charge in [-0.05, 0) is 67.4 Å². The van der Waals surface area contributed by atoms with Crippen molar-refractivity contribution in [2.45, 2.75) is 75.6 Å². The van der Waals surface area contributed by atoms with Crippen molar-refractivity contribution < 1.29 is 34.3 Å². The van der Waals surface area contributed by atoms with E-state index in [9.17, 15) is 13.2 Å². The van der Waals surface area contributed by atoms with Gasteiger partial charge in [0.05, 0.1) is 13.2 Å². The van der Waals surface area contributed by atoms with Gasteiger partial charge in [-0.3, -0.25) is 4.90 Å². The fourth-order valence-corrected chi connectivity index (χ4v) is 4.84. The molecule has 1 heterocycles. The zero-order valence-electron chi connectivity index (χ0n) is 23.4. The Bertz CT molecular complexity index is 782. The third-order valence-electron chi connectivity index (χ3n) is 4.72. The third kappa shape index (κ3) is 24.6. The molecule has 1 saturated heterocycles. The number of thiol groups is 1. The van der Waals surface area contributed by atoms with E-state index < -0.39 is 5.51 Å². The van der Waals surface area contributed by atoms with Crippen molar-refractivity contribution in [3.8, 4) is 0 Å². The standard InChI is InChI=1S/C15H23NOS.C8H7F3S2.2C2H6.CH4.3H2O/c1-14(7-8-16-9-11-17-12-10-16)13-18-15-5-3-2-4-6-15;1-5-2-3-6(12)4-7(5)13-8(9,10)11;2*1-2;;;;/h2-6,14H,7-13H2,1H3;2-4,12H,1H3;2*1-2H3;1H4;3*1H2/t14-;;;;;;;/m0......./s1. The molecule has 0 saturated carbocycles. The largest absolute Gasteiger partial charge is 0.446 e. The van der Waals surface area contributed by atoms with Crippen LogP contribution in [0.4, 0.5) is 13.2 Å². The molecule has 232 valence electrons. The van der Waals surface area contributed by atoms with Crippen LogP contribution in [-0.2, 0) is 4.74 Å². The average Bonchev–Trinajstić information content (AvgIpc) is 2.87. The Hall–Kier alpha value is -0.920. The van der Waals surface area contributed by atoms with Gasteiger partial charge < -0.3 is 21.2 Å². The summed E-state index contributed by atoms with van der Waals surface area (Å²) >= 11 is 5.83. The van der Waals surface area contributed by atoms with Crippen LogP contribution in [0.2, 0.25) is 0 Å². The molecule has 2 aromatic rings. The van der Waals surface area contributed by atoms with Crippen molar-refractivity contribution >= 4 is 36.2 Å². The van der Waals surface area contributed by atoms with Crippen molar-refractivity contribution in [2.75, 3.05) is 38.6 Å². The van der Waals surface area contributed by atoms with E-state index in [1.807, 2.05) is 39.5 Å². The molecule has 2 aromatic carbocycles. The van der Waals surface area contributed by atoms with E-state index in [0.29, 0.717) is 10.5 Å². The van der Waals surface area contributed by atoms with E-state index in [2.05, 4.69) is 54.8 Å². The molecule has 0 unspecified atom stereocenters. The van der Waals surface area contributed by atoms with Gasteiger partial charge in [0, 0.05) is 33.5 Å². The van der Waals surface area contributed by atoms with Crippen LogP contribution in [0.3, 0.4) is 0 Å². The van der Waals surface area contributed by atoms with E-state index in [1.54, 1.807) is 19.1 Å². The molecule has 6 N–H and O–H groups in total. The van der Waals surface area contributed by atoms with Crippen molar-refractivity contribution in [3.63, 3.8) is 0 Å². The Morgan fingerprint density at radius 3 is 2.00 bits per heavy atom. The summed E-state index contributed by atoms with van der Waals surface area (Å²) in [5, 5.41) is 0. The number of ether oxygens (including phenoxy) is 1. The second-order valence-electron chi connectivity index (χ2n) is 7.47. The lowest BCUT2D eigenvalue weighted by Crippen LogP contribution is -2.37. The van der Waals surface area contributed by atoms with Gasteiger partial charge in [0.2, 0.25) is 0 Å². The van der Waals surface area contributed by atoms with E-state index in [1.165, 1.54) is 29.7 Å². The summed E-state index contributed by atoms with van der Waals surface area (Å²) in [6.45, 7) is 17.3. The topological polar surface area (TPSA) is 107 Å². The highest BCUT2D eigenvalue weighted by molar-refractivity contribution is 8.00. The summed E-state index contributed by atoms with van der Waals surface area (Å²) in [5.41, 5.74) is -3.62. The molecule has 0 aromatic heterocycles. The number of morpholine rings is 1. The maximum Gasteiger partial charge on any atom is 0.446 e. The minimum atomic E-state index is -4.23. The highest BCUT2D eigenvalue weighted by Crippen LogP contribution is 2.39. The molecule has 5 nitrogen and oxygen atoms in total. The second-order valence-corrected chi connectivity index (χ2v) is 10.2. The predicted octanol–water partition coefficient (Wildman–Crippen LogP) is 7.25. The first-order chi connectivity index (χ1) is 16.7. The van der Waals surface area contributed by atoms with Crippen LogP contribution in [0.5, 0.6) is 0 Å². The van der Waals surface area contributed by atoms with Crippen LogP contribution in [-0.4, -0.2) is 65.4 Å². The van der Waals surface area contributed by atoms with Crippen LogP contribution in [0.25, 0.3) is 0 Å². The number of aryl methyl sites for hydroxylation is 1. The number of hydrogen-bond donors (Lipinski definition) is 1. The first kappa shape index (κ1) is 47.8. The molecule has 1 atom stereocenters. The Balaban J connectivity index is -0.000000165. The summed E-state index contributed by atoms with van der Waals surface area (Å²) in [6, 6.07) is 15.4. The number of hydrogen-bond acceptors (Lipinski definition) is 5. The maximum absolute atomic E-state index is 12.0. The highest BCUT2D eigenvalue weighted by atomic mass is 32.2. The molecule has 0 radical (unpaired) electrons. The lowest BCUT2D eigenvalue weighted by molar-refractivity contribution is -0.0328. The minimum Gasteiger partial charge on any atom is -0.412 e. The number of rotatable bonds is 7. The molecule has 1 aliphatic rings. The normalized spacial score (nSPS) is 12.9. The molecule has 0 aliphatic carbocycles. The molecule has 0 amide bonds. The van der Waals surface area contributed by atoms with Crippen LogP contribution in [0, 0.1) is 12.8 Å². The maximum atomic E-state index is 12.0. The SMILES string of the molecule is C.CC.CC.C[C@@H](CCN1CCOCC1)CSc1ccccc1.Cc1ccc(S)cc1SC(F)(F)F.O.O.O. The van der Waals surface area contributed by atoms with Crippen molar-refractivity contribution in [3.05, 3.63) is 54.1 Å². The molecule has 39 heavy (non-hydrogen) atoms. The van der Waals surface area contributed by atoms with Gasteiger partial charge in [0.15, 0.2) is 0 Å². The number of benzene rings is 2.